The summed E-state index contributed by atoms with van der Waals surface area (Å²) >= 11 is 0. The van der Waals surface area contributed by atoms with Gasteiger partial charge in [-0.3, -0.25) is 9.78 Å². The summed E-state index contributed by atoms with van der Waals surface area (Å²) in [5.41, 5.74) is 2.22. The molecule has 0 unspecified atom stereocenters. The van der Waals surface area contributed by atoms with E-state index in [0.29, 0.717) is 36.1 Å². The monoisotopic (exact) mass is 499 g/mol. The minimum absolute atomic E-state index is 0.0378. The Bertz CT molecular complexity index is 1260. The molecule has 0 spiro atoms. The molecule has 1 saturated heterocycles. The number of carboxylic acids is 1. The normalized spacial score (nSPS) is 22.3. The van der Waals surface area contributed by atoms with E-state index in [1.807, 2.05) is 0 Å². The highest BCUT2D eigenvalue weighted by Gasteiger charge is 2.34. The minimum atomic E-state index is -3.82. The molecule has 1 aromatic carbocycles. The number of rotatable bonds is 5. The van der Waals surface area contributed by atoms with Gasteiger partial charge in [-0.05, 0) is 74.6 Å². The van der Waals surface area contributed by atoms with E-state index in [4.69, 9.17) is 0 Å². The van der Waals surface area contributed by atoms with Crippen molar-refractivity contribution in [1.82, 2.24) is 14.6 Å². The van der Waals surface area contributed by atoms with Crippen LogP contribution in [0.3, 0.4) is 0 Å². The number of hydrogen-bond donors (Lipinski definition) is 2. The van der Waals surface area contributed by atoms with E-state index in [9.17, 15) is 23.1 Å². The molecule has 1 atom stereocenters. The lowest BCUT2D eigenvalue weighted by Crippen LogP contribution is -2.44. The quantitative estimate of drug-likeness (QED) is 0.650. The highest BCUT2D eigenvalue weighted by atomic mass is 32.2. The van der Waals surface area contributed by atoms with Crippen LogP contribution >= 0.6 is 0 Å². The largest absolute Gasteiger partial charge is 0.478 e. The van der Waals surface area contributed by atoms with Gasteiger partial charge in [0.1, 0.15) is 0 Å². The molecule has 1 aliphatic heterocycles. The standard InChI is InChI=1S/C26H33N3O5S/c1-16-6-8-22-20(14-16)24(26(31)32)21-15-19(7-9-23(21)28-22)35(33,34)29-12-10-17(11-13-29)25(30)27-18-4-2-3-5-18/h7,9,15-18H,2-6,8,10-14H2,1H3,(H,27,30)(H,31,32)/t16-/m0/s1. The van der Waals surface area contributed by atoms with Gasteiger partial charge < -0.3 is 10.4 Å². The van der Waals surface area contributed by atoms with Gasteiger partial charge in [0, 0.05) is 36.1 Å². The number of sulfonamides is 1. The van der Waals surface area contributed by atoms with Gasteiger partial charge in [0.15, 0.2) is 0 Å². The van der Waals surface area contributed by atoms with Gasteiger partial charge in [0.25, 0.3) is 0 Å². The van der Waals surface area contributed by atoms with Crippen molar-refractivity contribution in [3.05, 3.63) is 35.0 Å². The molecular weight excluding hydrogens is 466 g/mol. The fourth-order valence-electron chi connectivity index (χ4n) is 5.89. The molecular formula is C26H33N3O5S. The summed E-state index contributed by atoms with van der Waals surface area (Å²) in [5.74, 6) is -0.823. The second-order valence-corrected chi connectivity index (χ2v) is 12.4. The maximum atomic E-state index is 13.5. The number of carbonyl (C=O) groups excluding carboxylic acids is 1. The number of aromatic nitrogens is 1. The summed E-state index contributed by atoms with van der Waals surface area (Å²) in [6.07, 6.45) is 7.64. The van der Waals surface area contributed by atoms with Gasteiger partial charge in [0.05, 0.1) is 16.0 Å². The van der Waals surface area contributed by atoms with Crippen molar-refractivity contribution in [3.8, 4) is 0 Å². The summed E-state index contributed by atoms with van der Waals surface area (Å²) in [6, 6.07) is 4.87. The number of benzene rings is 1. The topological polar surface area (TPSA) is 117 Å². The van der Waals surface area contributed by atoms with Crippen LogP contribution in [0.2, 0.25) is 0 Å². The third-order valence-electron chi connectivity index (χ3n) is 7.95. The third-order valence-corrected chi connectivity index (χ3v) is 9.84. The number of nitrogens with one attached hydrogen (secondary N) is 1. The molecule has 9 heteroatoms. The Kier molecular flexibility index (Phi) is 6.57. The van der Waals surface area contributed by atoms with Gasteiger partial charge in [-0.15, -0.1) is 0 Å². The molecule has 1 saturated carbocycles. The molecule has 2 fully saturated rings. The Morgan fingerprint density at radius 2 is 1.80 bits per heavy atom. The molecule has 1 amide bonds. The van der Waals surface area contributed by atoms with Gasteiger partial charge in [-0.25, -0.2) is 13.2 Å². The number of amides is 1. The summed E-state index contributed by atoms with van der Waals surface area (Å²) in [5, 5.41) is 13.5. The van der Waals surface area contributed by atoms with Crippen LogP contribution in [0.1, 0.15) is 73.5 Å². The number of hydrogen-bond acceptors (Lipinski definition) is 5. The van der Waals surface area contributed by atoms with Crippen molar-refractivity contribution in [2.45, 2.75) is 75.6 Å². The summed E-state index contributed by atoms with van der Waals surface area (Å²) < 4.78 is 28.3. The molecule has 2 heterocycles. The maximum absolute atomic E-state index is 13.5. The summed E-state index contributed by atoms with van der Waals surface area (Å²) in [4.78, 5) is 29.6. The predicted octanol–water partition coefficient (Wildman–Crippen LogP) is 3.52. The van der Waals surface area contributed by atoms with Gasteiger partial charge >= 0.3 is 5.97 Å². The van der Waals surface area contributed by atoms with Crippen LogP contribution in [0, 0.1) is 11.8 Å². The molecule has 3 aliphatic rings. The SMILES string of the molecule is C[C@H]1CCc2nc3ccc(S(=O)(=O)N4CCC(C(=O)NC5CCCC5)CC4)cc3c(C(=O)O)c2C1. The van der Waals surface area contributed by atoms with Crippen molar-refractivity contribution in [2.75, 3.05) is 13.1 Å². The van der Waals surface area contributed by atoms with Crippen molar-refractivity contribution >= 4 is 32.8 Å². The van der Waals surface area contributed by atoms with Crippen LogP contribution < -0.4 is 5.32 Å². The highest BCUT2D eigenvalue weighted by molar-refractivity contribution is 7.89. The van der Waals surface area contributed by atoms with E-state index in [1.165, 1.54) is 16.4 Å². The number of carbonyl (C=O) groups is 2. The molecule has 188 valence electrons. The lowest BCUT2D eigenvalue weighted by molar-refractivity contribution is -0.126. The Balaban J connectivity index is 1.38. The third kappa shape index (κ3) is 4.68. The fraction of sp³-hybridized carbons (Fsp3) is 0.577. The number of aromatic carboxylic acids is 1. The average Bonchev–Trinajstić information content (AvgIpc) is 3.35. The fourth-order valence-corrected chi connectivity index (χ4v) is 7.39. The summed E-state index contributed by atoms with van der Waals surface area (Å²) in [7, 11) is -3.82. The number of fused-ring (bicyclic) bond motifs is 2. The van der Waals surface area contributed by atoms with Crippen LogP contribution in [-0.2, 0) is 27.7 Å². The predicted molar refractivity (Wildman–Crippen MR) is 132 cm³/mol. The molecule has 0 bridgehead atoms. The van der Waals surface area contributed by atoms with E-state index in [2.05, 4.69) is 17.2 Å². The van der Waals surface area contributed by atoms with Crippen LogP contribution in [-0.4, -0.2) is 53.8 Å². The first-order chi connectivity index (χ1) is 16.7. The van der Waals surface area contributed by atoms with Crippen LogP contribution in [0.5, 0.6) is 0 Å². The Morgan fingerprint density at radius 1 is 1.09 bits per heavy atom. The lowest BCUT2D eigenvalue weighted by atomic mass is 9.84. The van der Waals surface area contributed by atoms with Gasteiger partial charge in [0.2, 0.25) is 15.9 Å². The van der Waals surface area contributed by atoms with Crippen molar-refractivity contribution in [3.63, 3.8) is 0 Å². The lowest BCUT2D eigenvalue weighted by Gasteiger charge is -2.31. The molecule has 2 aromatic rings. The smallest absolute Gasteiger partial charge is 0.336 e. The first kappa shape index (κ1) is 24.2. The van der Waals surface area contributed by atoms with Gasteiger partial charge in [-0.1, -0.05) is 19.8 Å². The van der Waals surface area contributed by atoms with E-state index in [-0.39, 0.29) is 41.4 Å². The second-order valence-electron chi connectivity index (χ2n) is 10.4. The molecule has 2 aliphatic carbocycles. The van der Waals surface area contributed by atoms with Crippen LogP contribution in [0.4, 0.5) is 0 Å². The minimum Gasteiger partial charge on any atom is -0.478 e. The average molecular weight is 500 g/mol. The number of pyridine rings is 1. The molecule has 2 N–H and O–H groups in total. The molecule has 1 aromatic heterocycles. The number of nitrogens with zero attached hydrogens (tertiary/aromatic N) is 2. The van der Waals surface area contributed by atoms with Crippen molar-refractivity contribution in [1.29, 1.82) is 0 Å². The Labute approximate surface area is 206 Å². The van der Waals surface area contributed by atoms with Crippen LogP contribution in [0.25, 0.3) is 10.9 Å². The van der Waals surface area contributed by atoms with E-state index >= 15 is 0 Å². The van der Waals surface area contributed by atoms with E-state index < -0.39 is 16.0 Å². The van der Waals surface area contributed by atoms with E-state index in [1.54, 1.807) is 6.07 Å². The molecule has 8 nitrogen and oxygen atoms in total. The van der Waals surface area contributed by atoms with Crippen LogP contribution in [0.15, 0.2) is 23.1 Å². The number of aryl methyl sites for hydroxylation is 1. The van der Waals surface area contributed by atoms with Gasteiger partial charge in [-0.2, -0.15) is 4.31 Å². The van der Waals surface area contributed by atoms with Crippen molar-refractivity contribution in [2.24, 2.45) is 11.8 Å². The molecule has 0 radical (unpaired) electrons. The summed E-state index contributed by atoms with van der Waals surface area (Å²) in [6.45, 7) is 2.64. The number of piperidine rings is 1. The second kappa shape index (κ2) is 9.50. The Hall–Kier alpha value is -2.52. The molecule has 35 heavy (non-hydrogen) atoms. The number of carboxylic acid groups (broad SMARTS) is 1. The van der Waals surface area contributed by atoms with E-state index in [0.717, 1.165) is 49.8 Å². The Morgan fingerprint density at radius 3 is 2.49 bits per heavy atom. The zero-order chi connectivity index (χ0) is 24.7. The highest BCUT2D eigenvalue weighted by Crippen LogP contribution is 2.34. The zero-order valence-electron chi connectivity index (χ0n) is 20.1. The zero-order valence-corrected chi connectivity index (χ0v) is 20.9. The maximum Gasteiger partial charge on any atom is 0.336 e. The first-order valence-electron chi connectivity index (χ1n) is 12.7. The molecule has 5 rings (SSSR count). The first-order valence-corrected chi connectivity index (χ1v) is 14.2. The van der Waals surface area contributed by atoms with Crippen molar-refractivity contribution < 1.29 is 23.1 Å².